The van der Waals surface area contributed by atoms with Gasteiger partial charge >= 0.3 is 0 Å². The minimum atomic E-state index is 0.420. The molecule has 17 heavy (non-hydrogen) atoms. The maximum absolute atomic E-state index is 3.57. The molecular weight excluding hydrogens is 206 g/mol. The van der Waals surface area contributed by atoms with Crippen molar-refractivity contribution in [3.63, 3.8) is 0 Å². The third-order valence-corrected chi connectivity index (χ3v) is 4.36. The lowest BCUT2D eigenvalue weighted by Gasteiger charge is -2.31. The van der Waals surface area contributed by atoms with Crippen molar-refractivity contribution in [1.82, 2.24) is 5.32 Å². The van der Waals surface area contributed by atoms with Crippen LogP contribution >= 0.6 is 0 Å². The molecule has 0 aromatic rings. The van der Waals surface area contributed by atoms with Gasteiger partial charge in [-0.2, -0.15) is 0 Å². The fraction of sp³-hybridized carbons (Fsp3) is 1.00. The highest BCUT2D eigenvalue weighted by Crippen LogP contribution is 2.61. The van der Waals surface area contributed by atoms with Crippen LogP contribution in [0.2, 0.25) is 0 Å². The van der Waals surface area contributed by atoms with Crippen molar-refractivity contribution in [2.24, 2.45) is 16.2 Å². The average Bonchev–Trinajstić information content (AvgIpc) is 2.89. The first-order chi connectivity index (χ1) is 7.66. The molecule has 0 spiro atoms. The molecule has 1 nitrogen and oxygen atoms in total. The molecule has 1 fully saturated rings. The first kappa shape index (κ1) is 15.0. The van der Waals surface area contributed by atoms with E-state index in [1.807, 2.05) is 0 Å². The Hall–Kier alpha value is -0.0400. The van der Waals surface area contributed by atoms with E-state index in [0.717, 1.165) is 6.54 Å². The molecule has 0 aliphatic heterocycles. The van der Waals surface area contributed by atoms with Crippen LogP contribution < -0.4 is 5.32 Å². The molecule has 0 aromatic carbocycles. The van der Waals surface area contributed by atoms with Crippen LogP contribution in [0.4, 0.5) is 0 Å². The number of hydrogen-bond acceptors (Lipinski definition) is 1. The van der Waals surface area contributed by atoms with Crippen LogP contribution in [0.15, 0.2) is 0 Å². The summed E-state index contributed by atoms with van der Waals surface area (Å²) in [6, 6.07) is 0. The number of unbranched alkanes of at least 4 members (excludes halogenated alkanes) is 1. The van der Waals surface area contributed by atoms with Gasteiger partial charge in [-0.25, -0.2) is 0 Å². The molecular formula is C16H33N. The van der Waals surface area contributed by atoms with Gasteiger partial charge in [0.05, 0.1) is 0 Å². The molecule has 1 aliphatic carbocycles. The molecule has 1 heteroatoms. The molecule has 0 heterocycles. The van der Waals surface area contributed by atoms with E-state index in [9.17, 15) is 0 Å². The maximum atomic E-state index is 3.57. The van der Waals surface area contributed by atoms with Crippen LogP contribution in [-0.4, -0.2) is 13.1 Å². The van der Waals surface area contributed by atoms with Crippen molar-refractivity contribution in [1.29, 1.82) is 0 Å². The standard InChI is InChI=1S/C16H33N/c1-14(2,3)13-17-12-8-7-9-16(10-11-16)15(4,5)6/h17H,7-13H2,1-6H3. The molecule has 1 rings (SSSR count). The van der Waals surface area contributed by atoms with Gasteiger partial charge in [0.25, 0.3) is 0 Å². The lowest BCUT2D eigenvalue weighted by atomic mass is 9.75. The molecule has 0 atom stereocenters. The van der Waals surface area contributed by atoms with Crippen molar-refractivity contribution in [3.8, 4) is 0 Å². The predicted molar refractivity (Wildman–Crippen MR) is 77.3 cm³/mol. The van der Waals surface area contributed by atoms with E-state index in [-0.39, 0.29) is 0 Å². The van der Waals surface area contributed by atoms with E-state index in [2.05, 4.69) is 46.9 Å². The smallest absolute Gasteiger partial charge is 0.0000126 e. The molecule has 0 aromatic heterocycles. The third-order valence-electron chi connectivity index (χ3n) is 4.36. The Kier molecular flexibility index (Phi) is 4.68. The van der Waals surface area contributed by atoms with Crippen molar-refractivity contribution in [3.05, 3.63) is 0 Å². The summed E-state index contributed by atoms with van der Waals surface area (Å²) in [5, 5.41) is 3.57. The average molecular weight is 239 g/mol. The second kappa shape index (κ2) is 5.30. The zero-order valence-corrected chi connectivity index (χ0v) is 12.9. The summed E-state index contributed by atoms with van der Waals surface area (Å²) in [7, 11) is 0. The van der Waals surface area contributed by atoms with Gasteiger partial charge in [0.2, 0.25) is 0 Å². The molecule has 0 saturated heterocycles. The fourth-order valence-electron chi connectivity index (χ4n) is 2.70. The van der Waals surface area contributed by atoms with E-state index in [4.69, 9.17) is 0 Å². The molecule has 1 N–H and O–H groups in total. The minimum Gasteiger partial charge on any atom is -0.316 e. The molecule has 0 radical (unpaired) electrons. The Labute approximate surface area is 109 Å². The van der Waals surface area contributed by atoms with Crippen LogP contribution in [0.3, 0.4) is 0 Å². The highest BCUT2D eigenvalue weighted by molar-refractivity contribution is 5.01. The van der Waals surface area contributed by atoms with Crippen molar-refractivity contribution in [2.45, 2.75) is 73.6 Å². The van der Waals surface area contributed by atoms with E-state index in [1.165, 1.54) is 38.6 Å². The molecule has 102 valence electrons. The lowest BCUT2D eigenvalue weighted by molar-refractivity contribution is 0.193. The summed E-state index contributed by atoms with van der Waals surface area (Å²) in [6.45, 7) is 16.4. The summed E-state index contributed by atoms with van der Waals surface area (Å²) in [4.78, 5) is 0. The monoisotopic (exact) mass is 239 g/mol. The van der Waals surface area contributed by atoms with Crippen LogP contribution in [-0.2, 0) is 0 Å². The Morgan fingerprint density at radius 1 is 0.941 bits per heavy atom. The van der Waals surface area contributed by atoms with Gasteiger partial charge in [-0.05, 0) is 55.0 Å². The fourth-order valence-corrected chi connectivity index (χ4v) is 2.70. The molecule has 1 aliphatic rings. The van der Waals surface area contributed by atoms with Crippen molar-refractivity contribution < 1.29 is 0 Å². The second-order valence-electron chi connectivity index (χ2n) is 8.22. The summed E-state index contributed by atoms with van der Waals surface area (Å²) >= 11 is 0. The Morgan fingerprint density at radius 2 is 1.53 bits per heavy atom. The molecule has 0 bridgehead atoms. The number of nitrogens with one attached hydrogen (secondary N) is 1. The minimum absolute atomic E-state index is 0.420. The first-order valence-electron chi connectivity index (χ1n) is 7.37. The topological polar surface area (TPSA) is 12.0 Å². The van der Waals surface area contributed by atoms with Crippen LogP contribution in [0.5, 0.6) is 0 Å². The van der Waals surface area contributed by atoms with Gasteiger partial charge in [-0.15, -0.1) is 0 Å². The van der Waals surface area contributed by atoms with Gasteiger partial charge in [0.15, 0.2) is 0 Å². The highest BCUT2D eigenvalue weighted by atomic mass is 14.9. The van der Waals surface area contributed by atoms with E-state index in [1.54, 1.807) is 0 Å². The zero-order chi connectivity index (χ0) is 13.2. The summed E-state index contributed by atoms with van der Waals surface area (Å²) in [6.07, 6.45) is 7.11. The summed E-state index contributed by atoms with van der Waals surface area (Å²) in [5.41, 5.74) is 1.63. The Balaban J connectivity index is 2.06. The van der Waals surface area contributed by atoms with E-state index < -0.39 is 0 Å². The van der Waals surface area contributed by atoms with E-state index >= 15 is 0 Å². The zero-order valence-electron chi connectivity index (χ0n) is 12.9. The SMILES string of the molecule is CC(C)(C)CNCCCCC1(C(C)(C)C)CC1. The van der Waals surface area contributed by atoms with Gasteiger partial charge in [-0.3, -0.25) is 0 Å². The largest absolute Gasteiger partial charge is 0.316 e. The second-order valence-corrected chi connectivity index (χ2v) is 8.22. The summed E-state index contributed by atoms with van der Waals surface area (Å²) in [5.74, 6) is 0. The molecule has 0 unspecified atom stereocenters. The lowest BCUT2D eigenvalue weighted by Crippen LogP contribution is -2.28. The normalized spacial score (nSPS) is 19.4. The third kappa shape index (κ3) is 4.99. The molecule has 0 amide bonds. The van der Waals surface area contributed by atoms with Gasteiger partial charge < -0.3 is 5.32 Å². The van der Waals surface area contributed by atoms with Gasteiger partial charge in [-0.1, -0.05) is 48.0 Å². The Morgan fingerprint density at radius 3 is 1.94 bits per heavy atom. The summed E-state index contributed by atoms with van der Waals surface area (Å²) < 4.78 is 0. The van der Waals surface area contributed by atoms with E-state index in [0.29, 0.717) is 16.2 Å². The van der Waals surface area contributed by atoms with Crippen LogP contribution in [0.25, 0.3) is 0 Å². The maximum Gasteiger partial charge on any atom is -0.0000126 e. The Bertz CT molecular complexity index is 225. The van der Waals surface area contributed by atoms with Gasteiger partial charge in [0.1, 0.15) is 0 Å². The molecule has 1 saturated carbocycles. The van der Waals surface area contributed by atoms with Crippen molar-refractivity contribution >= 4 is 0 Å². The highest BCUT2D eigenvalue weighted by Gasteiger charge is 2.50. The predicted octanol–water partition coefficient (Wildman–Crippen LogP) is 4.62. The first-order valence-corrected chi connectivity index (χ1v) is 7.37. The number of rotatable bonds is 6. The van der Waals surface area contributed by atoms with Crippen LogP contribution in [0, 0.1) is 16.2 Å². The van der Waals surface area contributed by atoms with Gasteiger partial charge in [0, 0.05) is 0 Å². The van der Waals surface area contributed by atoms with Crippen LogP contribution in [0.1, 0.15) is 73.6 Å². The number of hydrogen-bond donors (Lipinski definition) is 1. The quantitative estimate of drug-likeness (QED) is 0.667. The van der Waals surface area contributed by atoms with Crippen molar-refractivity contribution in [2.75, 3.05) is 13.1 Å².